The van der Waals surface area contributed by atoms with Gasteiger partial charge in [-0.3, -0.25) is 14.9 Å². The molecule has 1 aliphatic carbocycles. The number of hydrogen-bond donors (Lipinski definition) is 3. The molecule has 2 atom stereocenters. The molecule has 0 unspecified atom stereocenters. The highest BCUT2D eigenvalue weighted by atomic mass is 16.7. The van der Waals surface area contributed by atoms with Crippen LogP contribution in [0.15, 0.2) is 54.4 Å². The van der Waals surface area contributed by atoms with Crippen LogP contribution < -0.4 is 10.6 Å². The molecule has 10 heteroatoms. The van der Waals surface area contributed by atoms with Crippen LogP contribution in [0, 0.1) is 22.0 Å². The van der Waals surface area contributed by atoms with Gasteiger partial charge in [-0.1, -0.05) is 43.5 Å². The molecule has 0 spiro atoms. The van der Waals surface area contributed by atoms with Gasteiger partial charge in [0.15, 0.2) is 5.76 Å². The van der Waals surface area contributed by atoms with Crippen LogP contribution in [0.25, 0.3) is 0 Å². The summed E-state index contributed by atoms with van der Waals surface area (Å²) in [7, 11) is 0. The normalized spacial score (nSPS) is 20.0. The molecular weight excluding hydrogens is 476 g/mol. The molecule has 1 aromatic carbocycles. The van der Waals surface area contributed by atoms with Gasteiger partial charge in [0, 0.05) is 25.6 Å². The SMILES string of the molecule is O=C(NCCNc1ccc([N+](=O)[O-])cn1)C1=C[C@H](C2CCCCC2)C[C@H](OCc2ccc(CO)cc2)O1. The van der Waals surface area contributed by atoms with Crippen molar-refractivity contribution in [2.45, 2.75) is 58.0 Å². The van der Waals surface area contributed by atoms with Crippen LogP contribution in [-0.2, 0) is 27.5 Å². The molecule has 1 saturated carbocycles. The first kappa shape index (κ1) is 26.6. The van der Waals surface area contributed by atoms with E-state index in [2.05, 4.69) is 15.6 Å². The molecule has 4 rings (SSSR count). The summed E-state index contributed by atoms with van der Waals surface area (Å²) >= 11 is 0. The monoisotopic (exact) mass is 510 g/mol. The highest BCUT2D eigenvalue weighted by Gasteiger charge is 2.32. The van der Waals surface area contributed by atoms with Gasteiger partial charge in [-0.2, -0.15) is 0 Å². The second kappa shape index (κ2) is 13.2. The Bertz CT molecular complexity index is 1070. The molecule has 1 amide bonds. The highest BCUT2D eigenvalue weighted by molar-refractivity contribution is 5.91. The first-order valence-electron chi connectivity index (χ1n) is 12.8. The van der Waals surface area contributed by atoms with Crippen LogP contribution in [0.4, 0.5) is 11.5 Å². The van der Waals surface area contributed by atoms with Crippen molar-refractivity contribution in [1.82, 2.24) is 10.3 Å². The maximum Gasteiger partial charge on any atom is 0.287 e. The molecule has 1 aliphatic heterocycles. The Morgan fingerprint density at radius 2 is 1.86 bits per heavy atom. The number of nitrogens with zero attached hydrogens (tertiary/aromatic N) is 2. The van der Waals surface area contributed by atoms with E-state index < -0.39 is 11.2 Å². The van der Waals surface area contributed by atoms with Crippen LogP contribution in [0.2, 0.25) is 0 Å². The molecule has 3 N–H and O–H groups in total. The first-order valence-corrected chi connectivity index (χ1v) is 12.8. The van der Waals surface area contributed by atoms with Gasteiger partial charge in [0.2, 0.25) is 6.29 Å². The Morgan fingerprint density at radius 3 is 2.54 bits per heavy atom. The molecule has 2 heterocycles. The van der Waals surface area contributed by atoms with E-state index >= 15 is 0 Å². The van der Waals surface area contributed by atoms with Gasteiger partial charge in [-0.05, 0) is 47.9 Å². The van der Waals surface area contributed by atoms with E-state index in [1.807, 2.05) is 30.3 Å². The molecule has 198 valence electrons. The van der Waals surface area contributed by atoms with Crippen molar-refractivity contribution in [1.29, 1.82) is 0 Å². The minimum atomic E-state index is -0.516. The van der Waals surface area contributed by atoms with E-state index in [1.54, 1.807) is 0 Å². The molecular formula is C27H34N4O6. The summed E-state index contributed by atoms with van der Waals surface area (Å²) in [6.07, 6.45) is 9.33. The van der Waals surface area contributed by atoms with Crippen molar-refractivity contribution in [2.75, 3.05) is 18.4 Å². The van der Waals surface area contributed by atoms with E-state index in [9.17, 15) is 20.0 Å². The number of hydrogen-bond acceptors (Lipinski definition) is 8. The van der Waals surface area contributed by atoms with Crippen molar-refractivity contribution >= 4 is 17.4 Å². The summed E-state index contributed by atoms with van der Waals surface area (Å²) in [6, 6.07) is 10.5. The molecule has 0 saturated heterocycles. The fourth-order valence-electron chi connectivity index (χ4n) is 4.82. The zero-order valence-electron chi connectivity index (χ0n) is 20.8. The molecule has 2 aromatic rings. The molecule has 0 bridgehead atoms. The number of aliphatic hydroxyl groups excluding tert-OH is 1. The number of carbonyl (C=O) groups is 1. The van der Waals surface area contributed by atoms with Gasteiger partial charge < -0.3 is 25.2 Å². The zero-order valence-corrected chi connectivity index (χ0v) is 20.8. The summed E-state index contributed by atoms with van der Waals surface area (Å²) in [5, 5.41) is 25.9. The van der Waals surface area contributed by atoms with Gasteiger partial charge in [0.05, 0.1) is 18.1 Å². The van der Waals surface area contributed by atoms with Crippen molar-refractivity contribution < 1.29 is 24.3 Å². The summed E-state index contributed by atoms with van der Waals surface area (Å²) in [4.78, 5) is 27.2. The first-order chi connectivity index (χ1) is 18.0. The lowest BCUT2D eigenvalue weighted by Crippen LogP contribution is -2.36. The lowest BCUT2D eigenvalue weighted by molar-refractivity contribution is -0.385. The number of rotatable bonds is 11. The van der Waals surface area contributed by atoms with Gasteiger partial charge >= 0.3 is 0 Å². The van der Waals surface area contributed by atoms with E-state index in [4.69, 9.17) is 9.47 Å². The van der Waals surface area contributed by atoms with E-state index in [0.717, 1.165) is 24.0 Å². The lowest BCUT2D eigenvalue weighted by Gasteiger charge is -2.35. The standard InChI is InChI=1S/C27H34N4O6/c32-17-19-6-8-20(9-7-19)18-36-26-15-22(21-4-2-1-3-5-21)14-24(37-26)27(33)29-13-12-28-25-11-10-23(16-30-25)31(34)35/h6-11,14,16,21-22,26,32H,1-5,12-13,15,17-18H2,(H,28,30)(H,29,33)/t22-,26+/m0/s1. The Morgan fingerprint density at radius 1 is 1.11 bits per heavy atom. The van der Waals surface area contributed by atoms with Crippen molar-refractivity contribution in [3.05, 3.63) is 75.7 Å². The Balaban J connectivity index is 1.31. The minimum absolute atomic E-state index is 0.000876. The maximum atomic E-state index is 12.9. The topological polar surface area (TPSA) is 136 Å². The molecule has 37 heavy (non-hydrogen) atoms. The van der Waals surface area contributed by atoms with E-state index in [0.29, 0.717) is 37.9 Å². The number of amides is 1. The third kappa shape index (κ3) is 7.74. The van der Waals surface area contributed by atoms with Crippen LogP contribution in [0.1, 0.15) is 49.7 Å². The predicted molar refractivity (Wildman–Crippen MR) is 137 cm³/mol. The number of anilines is 1. The molecule has 0 radical (unpaired) electrons. The van der Waals surface area contributed by atoms with Crippen molar-refractivity contribution in [3.63, 3.8) is 0 Å². The number of aliphatic hydroxyl groups is 1. The fraction of sp³-hybridized carbons (Fsp3) is 0.481. The number of pyridine rings is 1. The Hall–Kier alpha value is -3.50. The molecule has 10 nitrogen and oxygen atoms in total. The van der Waals surface area contributed by atoms with Gasteiger partial charge in [0.1, 0.15) is 12.0 Å². The Labute approximate surface area is 216 Å². The van der Waals surface area contributed by atoms with E-state index in [-0.39, 0.29) is 29.9 Å². The quantitative estimate of drug-likeness (QED) is 0.234. The molecule has 2 aliphatic rings. The van der Waals surface area contributed by atoms with E-state index in [1.165, 1.54) is 37.6 Å². The summed E-state index contributed by atoms with van der Waals surface area (Å²) in [6.45, 7) is 1.09. The third-order valence-corrected chi connectivity index (χ3v) is 6.88. The van der Waals surface area contributed by atoms with Crippen LogP contribution in [0.3, 0.4) is 0 Å². The van der Waals surface area contributed by atoms with Crippen molar-refractivity contribution in [3.8, 4) is 0 Å². The number of carbonyl (C=O) groups excluding carboxylic acids is 1. The average Bonchev–Trinajstić information content (AvgIpc) is 2.95. The largest absolute Gasteiger partial charge is 0.459 e. The number of aromatic nitrogens is 1. The number of allylic oxidation sites excluding steroid dienone is 1. The van der Waals surface area contributed by atoms with Gasteiger partial charge in [-0.15, -0.1) is 0 Å². The second-order valence-electron chi connectivity index (χ2n) is 9.50. The number of nitro groups is 1. The molecule has 1 fully saturated rings. The summed E-state index contributed by atoms with van der Waals surface area (Å²) < 4.78 is 12.1. The predicted octanol–water partition coefficient (Wildman–Crippen LogP) is 4.05. The highest BCUT2D eigenvalue weighted by Crippen LogP contribution is 2.37. The van der Waals surface area contributed by atoms with Crippen molar-refractivity contribution in [2.24, 2.45) is 11.8 Å². The minimum Gasteiger partial charge on any atom is -0.459 e. The lowest BCUT2D eigenvalue weighted by atomic mass is 9.77. The summed E-state index contributed by atoms with van der Waals surface area (Å²) in [5.74, 6) is 1.23. The maximum absolute atomic E-state index is 12.9. The summed E-state index contributed by atoms with van der Waals surface area (Å²) in [5.41, 5.74) is 1.74. The smallest absolute Gasteiger partial charge is 0.287 e. The molecule has 1 aromatic heterocycles. The second-order valence-corrected chi connectivity index (χ2v) is 9.50. The van der Waals surface area contributed by atoms with Crippen LogP contribution in [-0.4, -0.2) is 40.3 Å². The fourth-order valence-corrected chi connectivity index (χ4v) is 4.82. The Kier molecular flexibility index (Phi) is 9.45. The zero-order chi connectivity index (χ0) is 26.0. The third-order valence-electron chi connectivity index (χ3n) is 6.88. The van der Waals surface area contributed by atoms with Gasteiger partial charge in [-0.25, -0.2) is 4.98 Å². The number of ether oxygens (including phenoxy) is 2. The van der Waals surface area contributed by atoms with Gasteiger partial charge in [0.25, 0.3) is 11.6 Å². The van der Waals surface area contributed by atoms with Crippen LogP contribution >= 0.6 is 0 Å². The number of benzene rings is 1. The number of nitrogens with one attached hydrogen (secondary N) is 2. The average molecular weight is 511 g/mol. The van der Waals surface area contributed by atoms with Crippen LogP contribution in [0.5, 0.6) is 0 Å².